The van der Waals surface area contributed by atoms with Gasteiger partial charge in [-0.3, -0.25) is 4.79 Å². The second-order valence-electron chi connectivity index (χ2n) is 4.37. The van der Waals surface area contributed by atoms with Crippen LogP contribution in [0.3, 0.4) is 0 Å². The van der Waals surface area contributed by atoms with E-state index in [1.165, 1.54) is 6.07 Å². The van der Waals surface area contributed by atoms with Crippen molar-refractivity contribution in [2.45, 2.75) is 12.8 Å². The van der Waals surface area contributed by atoms with Crippen LogP contribution in [-0.2, 0) is 6.42 Å². The fraction of sp³-hybridized carbons (Fsp3) is 0.188. The van der Waals surface area contributed by atoms with Gasteiger partial charge in [0.05, 0.1) is 5.56 Å². The summed E-state index contributed by atoms with van der Waals surface area (Å²) in [5.41, 5.74) is 1.80. The minimum absolute atomic E-state index is 0.0124. The molecule has 0 spiro atoms. The second kappa shape index (κ2) is 6.16. The van der Waals surface area contributed by atoms with E-state index >= 15 is 0 Å². The first-order valence-electron chi connectivity index (χ1n) is 6.25. The van der Waals surface area contributed by atoms with Gasteiger partial charge in [0.15, 0.2) is 5.78 Å². The number of phenolic OH excluding ortho intramolecular Hbond substituents is 1. The predicted molar refractivity (Wildman–Crippen MR) is 73.4 cm³/mol. The maximum atomic E-state index is 12.3. The van der Waals surface area contributed by atoms with Crippen molar-refractivity contribution < 1.29 is 15.0 Å². The highest BCUT2D eigenvalue weighted by Crippen LogP contribution is 2.22. The predicted octanol–water partition coefficient (Wildman–Crippen LogP) is 2.55. The number of carbonyl (C=O) groups excluding carboxylic acids is 1. The van der Waals surface area contributed by atoms with Gasteiger partial charge in [-0.1, -0.05) is 36.4 Å². The van der Waals surface area contributed by atoms with Crippen LogP contribution in [-0.4, -0.2) is 22.6 Å². The lowest BCUT2D eigenvalue weighted by molar-refractivity contribution is 0.103. The van der Waals surface area contributed by atoms with E-state index in [4.69, 9.17) is 5.11 Å². The quantitative estimate of drug-likeness (QED) is 0.808. The number of benzene rings is 2. The van der Waals surface area contributed by atoms with Gasteiger partial charge in [-0.2, -0.15) is 0 Å². The third kappa shape index (κ3) is 3.20. The van der Waals surface area contributed by atoms with Gasteiger partial charge in [0.1, 0.15) is 5.75 Å². The molecule has 0 saturated carbocycles. The third-order valence-corrected chi connectivity index (χ3v) is 2.97. The molecule has 0 amide bonds. The maximum Gasteiger partial charge on any atom is 0.196 e. The number of aliphatic hydroxyl groups excluding tert-OH is 1. The fourth-order valence-corrected chi connectivity index (χ4v) is 1.95. The van der Waals surface area contributed by atoms with Crippen LogP contribution in [0, 0.1) is 0 Å². The van der Waals surface area contributed by atoms with E-state index in [0.29, 0.717) is 24.0 Å². The SMILES string of the molecule is O=C(c1ccccc1)c1cc(CCCO)ccc1O. The topological polar surface area (TPSA) is 57.5 Å². The Labute approximate surface area is 112 Å². The van der Waals surface area contributed by atoms with Crippen molar-refractivity contribution in [1.29, 1.82) is 0 Å². The van der Waals surface area contributed by atoms with Crippen LogP contribution < -0.4 is 0 Å². The van der Waals surface area contributed by atoms with Gasteiger partial charge in [-0.05, 0) is 30.5 Å². The normalized spacial score (nSPS) is 10.4. The molecular weight excluding hydrogens is 240 g/mol. The number of carbonyl (C=O) groups is 1. The summed E-state index contributed by atoms with van der Waals surface area (Å²) >= 11 is 0. The van der Waals surface area contributed by atoms with Gasteiger partial charge < -0.3 is 10.2 Å². The van der Waals surface area contributed by atoms with E-state index < -0.39 is 0 Å². The minimum Gasteiger partial charge on any atom is -0.507 e. The molecule has 0 aromatic heterocycles. The van der Waals surface area contributed by atoms with Gasteiger partial charge in [-0.15, -0.1) is 0 Å². The van der Waals surface area contributed by atoms with Crippen molar-refractivity contribution in [3.05, 3.63) is 65.2 Å². The molecule has 2 N–H and O–H groups in total. The van der Waals surface area contributed by atoms with Crippen LogP contribution in [0.2, 0.25) is 0 Å². The lowest BCUT2D eigenvalue weighted by Crippen LogP contribution is -2.02. The number of hydrogen-bond donors (Lipinski definition) is 2. The van der Waals surface area contributed by atoms with Gasteiger partial charge >= 0.3 is 0 Å². The van der Waals surface area contributed by atoms with Crippen LogP contribution in [0.1, 0.15) is 27.9 Å². The molecule has 0 bridgehead atoms. The summed E-state index contributed by atoms with van der Waals surface area (Å²) in [4.78, 5) is 12.3. The highest BCUT2D eigenvalue weighted by molar-refractivity contribution is 6.10. The van der Waals surface area contributed by atoms with Crippen LogP contribution in [0.15, 0.2) is 48.5 Å². The number of ketones is 1. The minimum atomic E-state index is -0.191. The van der Waals surface area contributed by atoms with Gasteiger partial charge in [-0.25, -0.2) is 0 Å². The Balaban J connectivity index is 2.30. The van der Waals surface area contributed by atoms with Crippen molar-refractivity contribution >= 4 is 5.78 Å². The first-order chi connectivity index (χ1) is 9.22. The molecule has 0 aliphatic heterocycles. The molecule has 2 aromatic carbocycles. The van der Waals surface area contributed by atoms with Gasteiger partial charge in [0.25, 0.3) is 0 Å². The summed E-state index contributed by atoms with van der Waals surface area (Å²) in [5.74, 6) is -0.203. The Hall–Kier alpha value is -2.13. The molecule has 0 unspecified atom stereocenters. The lowest BCUT2D eigenvalue weighted by atomic mass is 9.99. The molecule has 19 heavy (non-hydrogen) atoms. The maximum absolute atomic E-state index is 12.3. The highest BCUT2D eigenvalue weighted by atomic mass is 16.3. The van der Waals surface area contributed by atoms with Crippen molar-refractivity contribution in [2.75, 3.05) is 6.61 Å². The first-order valence-corrected chi connectivity index (χ1v) is 6.25. The Kier molecular flexibility index (Phi) is 4.31. The number of rotatable bonds is 5. The second-order valence-corrected chi connectivity index (χ2v) is 4.37. The zero-order valence-corrected chi connectivity index (χ0v) is 10.5. The third-order valence-electron chi connectivity index (χ3n) is 2.97. The summed E-state index contributed by atoms with van der Waals surface area (Å²) in [6, 6.07) is 13.9. The Morgan fingerprint density at radius 3 is 2.47 bits per heavy atom. The zero-order chi connectivity index (χ0) is 13.7. The number of phenols is 1. The van der Waals surface area contributed by atoms with E-state index in [9.17, 15) is 9.90 Å². The summed E-state index contributed by atoms with van der Waals surface area (Å²) < 4.78 is 0. The van der Waals surface area contributed by atoms with E-state index in [1.807, 2.05) is 6.07 Å². The molecule has 2 aromatic rings. The fourth-order valence-electron chi connectivity index (χ4n) is 1.95. The number of aliphatic hydroxyl groups is 1. The average Bonchev–Trinajstić information content (AvgIpc) is 2.46. The van der Waals surface area contributed by atoms with Crippen molar-refractivity contribution in [3.8, 4) is 5.75 Å². The Morgan fingerprint density at radius 2 is 1.79 bits per heavy atom. The highest BCUT2D eigenvalue weighted by Gasteiger charge is 2.13. The molecule has 2 rings (SSSR count). The van der Waals surface area contributed by atoms with Crippen LogP contribution >= 0.6 is 0 Å². The molecule has 0 saturated heterocycles. The van der Waals surface area contributed by atoms with E-state index in [2.05, 4.69) is 0 Å². The number of aromatic hydroxyl groups is 1. The zero-order valence-electron chi connectivity index (χ0n) is 10.5. The number of hydrogen-bond acceptors (Lipinski definition) is 3. The molecule has 98 valence electrons. The smallest absolute Gasteiger partial charge is 0.196 e. The van der Waals surface area contributed by atoms with Crippen molar-refractivity contribution in [1.82, 2.24) is 0 Å². The largest absolute Gasteiger partial charge is 0.507 e. The number of aryl methyl sites for hydroxylation is 1. The molecule has 0 atom stereocenters. The van der Waals surface area contributed by atoms with Crippen molar-refractivity contribution in [3.63, 3.8) is 0 Å². The van der Waals surface area contributed by atoms with E-state index in [-0.39, 0.29) is 18.1 Å². The molecular formula is C16H16O3. The Morgan fingerprint density at radius 1 is 1.05 bits per heavy atom. The van der Waals surface area contributed by atoms with Gasteiger partial charge in [0, 0.05) is 12.2 Å². The molecule has 0 heterocycles. The molecule has 0 aliphatic carbocycles. The first kappa shape index (κ1) is 13.3. The van der Waals surface area contributed by atoms with E-state index in [1.54, 1.807) is 36.4 Å². The van der Waals surface area contributed by atoms with Crippen LogP contribution in [0.5, 0.6) is 5.75 Å². The summed E-state index contributed by atoms with van der Waals surface area (Å²) in [7, 11) is 0. The summed E-state index contributed by atoms with van der Waals surface area (Å²) in [6.07, 6.45) is 1.33. The van der Waals surface area contributed by atoms with E-state index in [0.717, 1.165) is 5.56 Å². The van der Waals surface area contributed by atoms with Gasteiger partial charge in [0.2, 0.25) is 0 Å². The van der Waals surface area contributed by atoms with Crippen molar-refractivity contribution in [2.24, 2.45) is 0 Å². The summed E-state index contributed by atoms with van der Waals surface area (Å²) in [5, 5.41) is 18.6. The molecule has 0 radical (unpaired) electrons. The molecule has 3 heteroatoms. The molecule has 3 nitrogen and oxygen atoms in total. The molecule has 0 fully saturated rings. The molecule has 0 aliphatic rings. The average molecular weight is 256 g/mol. The lowest BCUT2D eigenvalue weighted by Gasteiger charge is -2.07. The van der Waals surface area contributed by atoms with Crippen LogP contribution in [0.25, 0.3) is 0 Å². The monoisotopic (exact) mass is 256 g/mol. The Bertz CT molecular complexity index is 561. The summed E-state index contributed by atoms with van der Waals surface area (Å²) in [6.45, 7) is 0.114. The van der Waals surface area contributed by atoms with Crippen LogP contribution in [0.4, 0.5) is 0 Å². The standard InChI is InChI=1S/C16H16O3/c17-10-4-5-12-8-9-15(18)14(11-12)16(19)13-6-2-1-3-7-13/h1-3,6-9,11,17-18H,4-5,10H2.